The third kappa shape index (κ3) is 3.32. The van der Waals surface area contributed by atoms with Crippen molar-refractivity contribution in [3.05, 3.63) is 23.2 Å². The van der Waals surface area contributed by atoms with Gasteiger partial charge in [-0.05, 0) is 12.1 Å². The summed E-state index contributed by atoms with van der Waals surface area (Å²) in [7, 11) is 1.60. The highest BCUT2D eigenvalue weighted by molar-refractivity contribution is 6.32. The van der Waals surface area contributed by atoms with Crippen LogP contribution in [0.4, 0.5) is 5.69 Å². The van der Waals surface area contributed by atoms with E-state index in [1.54, 1.807) is 7.11 Å². The summed E-state index contributed by atoms with van der Waals surface area (Å²) in [5, 5.41) is 0.603. The van der Waals surface area contributed by atoms with Gasteiger partial charge in [0.25, 0.3) is 0 Å². The lowest BCUT2D eigenvalue weighted by atomic mass is 10.2. The monoisotopic (exact) mass is 302 g/mol. The highest BCUT2D eigenvalue weighted by atomic mass is 35.5. The van der Waals surface area contributed by atoms with Gasteiger partial charge in [0, 0.05) is 37.9 Å². The fourth-order valence-corrected chi connectivity index (χ4v) is 2.55. The highest BCUT2D eigenvalue weighted by Gasteiger charge is 2.22. The molecule has 1 saturated heterocycles. The Bertz CT molecular complexity index is 448. The molecular weight excluding hydrogens is 287 g/mol. The van der Waals surface area contributed by atoms with E-state index in [1.165, 1.54) is 0 Å². The fraction of sp³-hybridized carbons (Fsp3) is 0.462. The summed E-state index contributed by atoms with van der Waals surface area (Å²) in [6.45, 7) is 3.17. The molecule has 1 atom stereocenters. The van der Waals surface area contributed by atoms with Crippen LogP contribution in [0.15, 0.2) is 18.2 Å². The number of hydrogen-bond donors (Lipinski definition) is 0. The van der Waals surface area contributed by atoms with Gasteiger partial charge in [0.2, 0.25) is 0 Å². The summed E-state index contributed by atoms with van der Waals surface area (Å²) in [6, 6.07) is 5.73. The average molecular weight is 303 g/mol. The molecule has 1 aliphatic heterocycles. The Morgan fingerprint density at radius 2 is 2.00 bits per heavy atom. The second-order valence-corrected chi connectivity index (χ2v) is 5.20. The van der Waals surface area contributed by atoms with E-state index in [0.717, 1.165) is 38.2 Å². The number of anilines is 1. The Kier molecular flexibility index (Phi) is 4.91. The Hall–Kier alpha value is -0.970. The van der Waals surface area contributed by atoms with Crippen LogP contribution in [0.25, 0.3) is 0 Å². The van der Waals surface area contributed by atoms with E-state index in [1.807, 2.05) is 23.1 Å². The van der Waals surface area contributed by atoms with Crippen molar-refractivity contribution in [2.75, 3.05) is 38.2 Å². The lowest BCUT2D eigenvalue weighted by molar-refractivity contribution is -0.110. The third-order valence-electron chi connectivity index (χ3n) is 3.28. The molecule has 1 aliphatic rings. The van der Waals surface area contributed by atoms with Crippen molar-refractivity contribution >= 4 is 35.2 Å². The molecule has 0 amide bonds. The number of benzene rings is 1. The average Bonchev–Trinajstić information content (AvgIpc) is 2.47. The van der Waals surface area contributed by atoms with Gasteiger partial charge in [0.05, 0.1) is 12.1 Å². The summed E-state index contributed by atoms with van der Waals surface area (Å²) in [6.07, 6.45) is 0.766. The van der Waals surface area contributed by atoms with E-state index >= 15 is 0 Å². The lowest BCUT2D eigenvalue weighted by Crippen LogP contribution is -2.49. The quantitative estimate of drug-likeness (QED) is 0.485. The minimum Gasteiger partial charge on any atom is -0.495 e. The molecule has 104 valence electrons. The van der Waals surface area contributed by atoms with E-state index < -0.39 is 5.50 Å². The summed E-state index contributed by atoms with van der Waals surface area (Å²) < 4.78 is 5.22. The number of nitrogens with zero attached hydrogens (tertiary/aromatic N) is 2. The molecule has 0 N–H and O–H groups in total. The Morgan fingerprint density at radius 1 is 1.32 bits per heavy atom. The number of piperazine rings is 1. The van der Waals surface area contributed by atoms with Crippen molar-refractivity contribution in [3.63, 3.8) is 0 Å². The first-order chi connectivity index (χ1) is 9.15. The van der Waals surface area contributed by atoms with Crippen molar-refractivity contribution in [2.45, 2.75) is 5.50 Å². The van der Waals surface area contributed by atoms with E-state index in [2.05, 4.69) is 4.90 Å². The van der Waals surface area contributed by atoms with Crippen LogP contribution in [0.1, 0.15) is 0 Å². The van der Waals surface area contributed by atoms with Crippen LogP contribution in [0.3, 0.4) is 0 Å². The standard InChI is InChI=1S/C13H16Cl2N2O2/c1-19-12-8-10(2-3-11(12)14)16-4-6-17(7-5-16)13(15)9-18/h2-3,8-9,13H,4-7H2,1H3. The van der Waals surface area contributed by atoms with Gasteiger partial charge in [0.1, 0.15) is 11.3 Å². The molecule has 0 bridgehead atoms. The van der Waals surface area contributed by atoms with Gasteiger partial charge in [-0.2, -0.15) is 0 Å². The molecule has 19 heavy (non-hydrogen) atoms. The first-order valence-corrected chi connectivity index (χ1v) is 6.89. The third-order valence-corrected chi connectivity index (χ3v) is 3.97. The van der Waals surface area contributed by atoms with Crippen molar-refractivity contribution in [1.82, 2.24) is 4.90 Å². The normalized spacial score (nSPS) is 18.2. The van der Waals surface area contributed by atoms with Crippen LogP contribution in [0, 0.1) is 0 Å². The SMILES string of the molecule is COc1cc(N2CCN(C(Cl)C=O)CC2)ccc1Cl. The highest BCUT2D eigenvalue weighted by Crippen LogP contribution is 2.29. The Balaban J connectivity index is 2.03. The molecule has 1 aromatic rings. The topological polar surface area (TPSA) is 32.8 Å². The molecule has 2 rings (SSSR count). The molecule has 0 spiro atoms. The summed E-state index contributed by atoms with van der Waals surface area (Å²) in [4.78, 5) is 14.8. The van der Waals surface area contributed by atoms with Gasteiger partial charge < -0.3 is 14.4 Å². The zero-order valence-corrected chi connectivity index (χ0v) is 12.2. The molecule has 1 fully saturated rings. The van der Waals surface area contributed by atoms with Gasteiger partial charge in [0.15, 0.2) is 6.29 Å². The summed E-state index contributed by atoms with van der Waals surface area (Å²) in [5.41, 5.74) is 0.542. The second kappa shape index (κ2) is 6.46. The van der Waals surface area contributed by atoms with Crippen molar-refractivity contribution < 1.29 is 9.53 Å². The molecule has 1 heterocycles. The molecule has 0 saturated carbocycles. The first kappa shape index (κ1) is 14.4. The number of halogens is 2. The molecule has 1 unspecified atom stereocenters. The van der Waals surface area contributed by atoms with Gasteiger partial charge >= 0.3 is 0 Å². The van der Waals surface area contributed by atoms with Crippen molar-refractivity contribution in [1.29, 1.82) is 0 Å². The van der Waals surface area contributed by atoms with Crippen molar-refractivity contribution in [2.24, 2.45) is 0 Å². The molecule has 4 nitrogen and oxygen atoms in total. The number of rotatable bonds is 4. The maximum absolute atomic E-state index is 10.7. The van der Waals surface area contributed by atoms with Gasteiger partial charge in [-0.3, -0.25) is 4.90 Å². The number of aldehydes is 1. The van der Waals surface area contributed by atoms with E-state index in [9.17, 15) is 4.79 Å². The van der Waals surface area contributed by atoms with Gasteiger partial charge in [-0.25, -0.2) is 0 Å². The number of methoxy groups -OCH3 is 1. The zero-order valence-electron chi connectivity index (χ0n) is 10.7. The van der Waals surface area contributed by atoms with Crippen LogP contribution >= 0.6 is 23.2 Å². The second-order valence-electron chi connectivity index (χ2n) is 4.35. The van der Waals surface area contributed by atoms with Crippen LogP contribution in [-0.4, -0.2) is 50.0 Å². The molecule has 1 aromatic carbocycles. The fourth-order valence-electron chi connectivity index (χ4n) is 2.16. The van der Waals surface area contributed by atoms with E-state index in [4.69, 9.17) is 27.9 Å². The lowest BCUT2D eigenvalue weighted by Gasteiger charge is -2.36. The zero-order chi connectivity index (χ0) is 13.8. The van der Waals surface area contributed by atoms with E-state index in [-0.39, 0.29) is 0 Å². The molecular formula is C13H16Cl2N2O2. The number of carbonyl (C=O) groups excluding carboxylic acids is 1. The van der Waals surface area contributed by atoms with Gasteiger partial charge in [-0.1, -0.05) is 23.2 Å². The predicted molar refractivity (Wildman–Crippen MR) is 77.5 cm³/mol. The first-order valence-electron chi connectivity index (χ1n) is 6.07. The maximum atomic E-state index is 10.7. The number of carbonyl (C=O) groups is 1. The smallest absolute Gasteiger partial charge is 0.152 e. The molecule has 0 aromatic heterocycles. The Labute approximate surface area is 122 Å². The largest absolute Gasteiger partial charge is 0.495 e. The Morgan fingerprint density at radius 3 is 2.58 bits per heavy atom. The predicted octanol–water partition coefficient (Wildman–Crippen LogP) is 2.23. The number of alkyl halides is 1. The maximum Gasteiger partial charge on any atom is 0.152 e. The summed E-state index contributed by atoms with van der Waals surface area (Å²) >= 11 is 11.9. The minimum absolute atomic E-state index is 0.526. The van der Waals surface area contributed by atoms with Crippen LogP contribution in [0.5, 0.6) is 5.75 Å². The number of ether oxygens (including phenoxy) is 1. The number of hydrogen-bond acceptors (Lipinski definition) is 4. The molecule has 6 heteroatoms. The van der Waals surface area contributed by atoms with Crippen LogP contribution in [0.2, 0.25) is 5.02 Å². The van der Waals surface area contributed by atoms with Gasteiger partial charge in [-0.15, -0.1) is 0 Å². The molecule has 0 aliphatic carbocycles. The summed E-state index contributed by atoms with van der Waals surface area (Å²) in [5.74, 6) is 0.671. The molecule has 0 radical (unpaired) electrons. The van der Waals surface area contributed by atoms with Crippen LogP contribution < -0.4 is 9.64 Å². The van der Waals surface area contributed by atoms with E-state index in [0.29, 0.717) is 10.8 Å². The van der Waals surface area contributed by atoms with Crippen LogP contribution in [-0.2, 0) is 4.79 Å². The van der Waals surface area contributed by atoms with Crippen molar-refractivity contribution in [3.8, 4) is 5.75 Å². The minimum atomic E-state index is -0.526.